The first-order valence-electron chi connectivity index (χ1n) is 9.65. The smallest absolute Gasteiger partial charge is 0.253 e. The van der Waals surface area contributed by atoms with Crippen LogP contribution in [0.5, 0.6) is 5.75 Å². The van der Waals surface area contributed by atoms with E-state index in [2.05, 4.69) is 0 Å². The van der Waals surface area contributed by atoms with Gasteiger partial charge in [0.25, 0.3) is 5.91 Å². The normalized spacial score (nSPS) is 21.1. The van der Waals surface area contributed by atoms with Gasteiger partial charge in [-0.05, 0) is 49.9 Å². The highest BCUT2D eigenvalue weighted by molar-refractivity contribution is 7.89. The zero-order valence-corrected chi connectivity index (χ0v) is 17.9. The van der Waals surface area contributed by atoms with Crippen LogP contribution >= 0.6 is 12.4 Å². The van der Waals surface area contributed by atoms with E-state index in [0.717, 1.165) is 32.1 Å². The number of methoxy groups -OCH3 is 1. The third-order valence-corrected chi connectivity index (χ3v) is 7.42. The molecule has 0 saturated carbocycles. The zero-order chi connectivity index (χ0) is 19.4. The second-order valence-electron chi connectivity index (χ2n) is 7.33. The van der Waals surface area contributed by atoms with E-state index in [9.17, 15) is 13.2 Å². The Hall–Kier alpha value is -1.35. The van der Waals surface area contributed by atoms with E-state index in [1.54, 1.807) is 17.0 Å². The van der Waals surface area contributed by atoms with Crippen molar-refractivity contribution in [2.24, 2.45) is 11.7 Å². The molecular formula is C19H30ClN3O4S. The Labute approximate surface area is 173 Å². The van der Waals surface area contributed by atoms with Crippen molar-refractivity contribution in [1.29, 1.82) is 0 Å². The Bertz CT molecular complexity index is 779. The average Bonchev–Trinajstić information content (AvgIpc) is 2.99. The molecule has 1 aromatic rings. The Balaban J connectivity index is 0.00000280. The molecule has 1 aromatic carbocycles. The van der Waals surface area contributed by atoms with E-state index in [1.807, 2.05) is 0 Å². The fraction of sp³-hybridized carbons (Fsp3) is 0.632. The van der Waals surface area contributed by atoms with Crippen LogP contribution in [0.15, 0.2) is 23.1 Å². The molecular weight excluding hydrogens is 402 g/mol. The molecule has 28 heavy (non-hydrogen) atoms. The summed E-state index contributed by atoms with van der Waals surface area (Å²) in [6, 6.07) is 4.68. The van der Waals surface area contributed by atoms with Gasteiger partial charge in [-0.25, -0.2) is 8.42 Å². The van der Waals surface area contributed by atoms with Gasteiger partial charge in [-0.2, -0.15) is 4.31 Å². The Morgan fingerprint density at radius 1 is 1.18 bits per heavy atom. The number of rotatable bonds is 5. The quantitative estimate of drug-likeness (QED) is 0.770. The fourth-order valence-corrected chi connectivity index (χ4v) is 5.52. The minimum Gasteiger partial charge on any atom is -0.495 e. The predicted octanol–water partition coefficient (Wildman–Crippen LogP) is 2.10. The topological polar surface area (TPSA) is 92.9 Å². The van der Waals surface area contributed by atoms with Crippen LogP contribution in [0.1, 0.15) is 42.5 Å². The SMILES string of the molecule is COc1ccc(C(=O)N2CCC(CN)C2)cc1S(=O)(=O)N1CCCCCC1.Cl. The van der Waals surface area contributed by atoms with Gasteiger partial charge in [0.05, 0.1) is 7.11 Å². The van der Waals surface area contributed by atoms with Crippen LogP contribution in [-0.2, 0) is 10.0 Å². The molecule has 9 heteroatoms. The van der Waals surface area contributed by atoms with Crippen LogP contribution in [0.3, 0.4) is 0 Å². The molecule has 0 spiro atoms. The van der Waals surface area contributed by atoms with Crippen LogP contribution in [0.2, 0.25) is 0 Å². The number of hydrogen-bond donors (Lipinski definition) is 1. The van der Waals surface area contributed by atoms with Crippen molar-refractivity contribution in [3.05, 3.63) is 23.8 Å². The highest BCUT2D eigenvalue weighted by atomic mass is 35.5. The summed E-state index contributed by atoms with van der Waals surface area (Å²) in [5, 5.41) is 0. The van der Waals surface area contributed by atoms with E-state index >= 15 is 0 Å². The summed E-state index contributed by atoms with van der Waals surface area (Å²) < 4.78 is 33.3. The van der Waals surface area contributed by atoms with Gasteiger partial charge in [0.15, 0.2) is 0 Å². The van der Waals surface area contributed by atoms with Crippen LogP contribution in [0.25, 0.3) is 0 Å². The maximum absolute atomic E-state index is 13.2. The number of likely N-dealkylation sites (tertiary alicyclic amines) is 1. The summed E-state index contributed by atoms with van der Waals surface area (Å²) in [4.78, 5) is 14.7. The minimum atomic E-state index is -3.71. The molecule has 158 valence electrons. The summed E-state index contributed by atoms with van der Waals surface area (Å²) >= 11 is 0. The van der Waals surface area contributed by atoms with Gasteiger partial charge in [0.1, 0.15) is 10.6 Å². The highest BCUT2D eigenvalue weighted by Gasteiger charge is 2.31. The zero-order valence-electron chi connectivity index (χ0n) is 16.3. The van der Waals surface area contributed by atoms with Crippen LogP contribution in [-0.4, -0.2) is 63.4 Å². The molecule has 2 aliphatic heterocycles. The molecule has 1 amide bonds. The lowest BCUT2D eigenvalue weighted by atomic mass is 10.1. The molecule has 1 unspecified atom stereocenters. The molecule has 3 rings (SSSR count). The van der Waals surface area contributed by atoms with Gasteiger partial charge in [-0.3, -0.25) is 4.79 Å². The summed E-state index contributed by atoms with van der Waals surface area (Å²) in [5.74, 6) is 0.436. The molecule has 0 aliphatic carbocycles. The van der Waals surface area contributed by atoms with E-state index in [0.29, 0.717) is 44.2 Å². The Kier molecular flexibility index (Phi) is 8.12. The fourth-order valence-electron chi connectivity index (χ4n) is 3.82. The lowest BCUT2D eigenvalue weighted by molar-refractivity contribution is 0.0787. The van der Waals surface area contributed by atoms with Crippen LogP contribution < -0.4 is 10.5 Å². The van der Waals surface area contributed by atoms with E-state index in [-0.39, 0.29) is 29.0 Å². The van der Waals surface area contributed by atoms with Gasteiger partial charge in [-0.1, -0.05) is 12.8 Å². The lowest BCUT2D eigenvalue weighted by Gasteiger charge is -2.22. The molecule has 0 aromatic heterocycles. The lowest BCUT2D eigenvalue weighted by Crippen LogP contribution is -2.33. The standard InChI is InChI=1S/C19H29N3O4S.ClH/c1-26-17-7-6-16(19(23)21-11-8-15(13-20)14-21)12-18(17)27(24,25)22-9-4-2-3-5-10-22;/h6-7,12,15H,2-5,8-11,13-14,20H2,1H3;1H. The molecule has 7 nitrogen and oxygen atoms in total. The number of carbonyl (C=O) groups is 1. The predicted molar refractivity (Wildman–Crippen MR) is 111 cm³/mol. The molecule has 2 heterocycles. The number of halogens is 1. The van der Waals surface area contributed by atoms with Gasteiger partial charge >= 0.3 is 0 Å². The molecule has 0 bridgehead atoms. The molecule has 2 fully saturated rings. The van der Waals surface area contributed by atoms with E-state index in [4.69, 9.17) is 10.5 Å². The maximum Gasteiger partial charge on any atom is 0.253 e. The number of benzene rings is 1. The van der Waals surface area contributed by atoms with Gasteiger partial charge in [0, 0.05) is 31.7 Å². The monoisotopic (exact) mass is 431 g/mol. The van der Waals surface area contributed by atoms with Crippen LogP contribution in [0, 0.1) is 5.92 Å². The minimum absolute atomic E-state index is 0. The number of amides is 1. The average molecular weight is 432 g/mol. The van der Waals surface area contributed by atoms with Gasteiger partial charge in [-0.15, -0.1) is 12.4 Å². The first kappa shape index (κ1) is 22.9. The number of carbonyl (C=O) groups excluding carboxylic acids is 1. The van der Waals surface area contributed by atoms with Crippen LogP contribution in [0.4, 0.5) is 0 Å². The largest absolute Gasteiger partial charge is 0.495 e. The van der Waals surface area contributed by atoms with Crippen molar-refractivity contribution in [3.8, 4) is 5.75 Å². The number of nitrogens with zero attached hydrogens (tertiary/aromatic N) is 2. The second-order valence-corrected chi connectivity index (χ2v) is 9.23. The molecule has 0 radical (unpaired) electrons. The van der Waals surface area contributed by atoms with Crippen molar-refractivity contribution < 1.29 is 17.9 Å². The number of hydrogen-bond acceptors (Lipinski definition) is 5. The number of nitrogens with two attached hydrogens (primary N) is 1. The number of ether oxygens (including phenoxy) is 1. The first-order chi connectivity index (χ1) is 13.0. The second kappa shape index (κ2) is 9.91. The molecule has 2 saturated heterocycles. The van der Waals surface area contributed by atoms with Gasteiger partial charge in [0.2, 0.25) is 10.0 Å². The molecule has 2 aliphatic rings. The highest BCUT2D eigenvalue weighted by Crippen LogP contribution is 2.30. The van der Waals surface area contributed by atoms with Gasteiger partial charge < -0.3 is 15.4 Å². The summed E-state index contributed by atoms with van der Waals surface area (Å²) in [7, 11) is -2.26. The molecule has 1 atom stereocenters. The Morgan fingerprint density at radius 3 is 2.43 bits per heavy atom. The summed E-state index contributed by atoms with van der Waals surface area (Å²) in [5.41, 5.74) is 6.09. The van der Waals surface area contributed by atoms with Crippen molar-refractivity contribution in [2.75, 3.05) is 39.8 Å². The van der Waals surface area contributed by atoms with Crippen molar-refractivity contribution in [3.63, 3.8) is 0 Å². The maximum atomic E-state index is 13.2. The van der Waals surface area contributed by atoms with E-state index < -0.39 is 10.0 Å². The molecule has 2 N–H and O–H groups in total. The summed E-state index contributed by atoms with van der Waals surface area (Å²) in [6.07, 6.45) is 4.68. The third-order valence-electron chi connectivity index (χ3n) is 5.50. The first-order valence-corrected chi connectivity index (χ1v) is 11.1. The van der Waals surface area contributed by atoms with Crippen molar-refractivity contribution in [2.45, 2.75) is 37.0 Å². The van der Waals surface area contributed by atoms with Crippen molar-refractivity contribution in [1.82, 2.24) is 9.21 Å². The number of sulfonamides is 1. The van der Waals surface area contributed by atoms with E-state index in [1.165, 1.54) is 17.5 Å². The third kappa shape index (κ3) is 4.79. The van der Waals surface area contributed by atoms with Crippen molar-refractivity contribution >= 4 is 28.3 Å². The Morgan fingerprint density at radius 2 is 1.86 bits per heavy atom. The summed E-state index contributed by atoms with van der Waals surface area (Å²) in [6.45, 7) is 2.85.